The molecule has 0 bridgehead atoms. The quantitative estimate of drug-likeness (QED) is 0.516. The van der Waals surface area contributed by atoms with E-state index in [4.69, 9.17) is 11.6 Å². The Morgan fingerprint density at radius 3 is 2.30 bits per heavy atom. The monoisotopic (exact) mass is 179 g/mol. The number of hydrogen-bond donors (Lipinski definition) is 1. The van der Waals surface area contributed by atoms with E-state index in [1.54, 1.807) is 0 Å². The first-order valence-corrected chi connectivity index (χ1v) is 7.41. The highest BCUT2D eigenvalue weighted by Gasteiger charge is 2.25. The van der Waals surface area contributed by atoms with Gasteiger partial charge in [-0.05, 0) is 19.9 Å². The van der Waals surface area contributed by atoms with Crippen molar-refractivity contribution >= 4 is 19.8 Å². The Hall–Kier alpha value is 0.467. The molecule has 0 saturated heterocycles. The summed E-state index contributed by atoms with van der Waals surface area (Å²) in [6, 6.07) is 0. The molecule has 0 aromatic heterocycles. The highest BCUT2D eigenvalue weighted by atomic mass is 35.5. The molecule has 0 aromatic carbocycles. The minimum atomic E-state index is -1.29. The highest BCUT2D eigenvalue weighted by molar-refractivity contribution is 6.82. The summed E-state index contributed by atoms with van der Waals surface area (Å²) in [5.41, 5.74) is 0. The third-order valence-electron chi connectivity index (χ3n) is 1.83. The van der Waals surface area contributed by atoms with Gasteiger partial charge in [-0.3, -0.25) is 0 Å². The topological polar surface area (TPSA) is 12.0 Å². The molecular formula is C7H18ClNSi. The van der Waals surface area contributed by atoms with Crippen LogP contribution in [0.25, 0.3) is 0 Å². The van der Waals surface area contributed by atoms with E-state index in [1.165, 1.54) is 6.42 Å². The SMILES string of the molecule is CCCN[Si](C)(C)C(C)Cl. The van der Waals surface area contributed by atoms with E-state index in [0.29, 0.717) is 5.00 Å². The van der Waals surface area contributed by atoms with Gasteiger partial charge in [-0.25, -0.2) is 0 Å². The molecule has 1 N–H and O–H groups in total. The van der Waals surface area contributed by atoms with Gasteiger partial charge in [0.25, 0.3) is 0 Å². The van der Waals surface area contributed by atoms with Crippen LogP contribution in [-0.4, -0.2) is 19.8 Å². The van der Waals surface area contributed by atoms with Crippen molar-refractivity contribution in [1.29, 1.82) is 0 Å². The molecule has 0 radical (unpaired) electrons. The maximum Gasteiger partial charge on any atom is 0.137 e. The fraction of sp³-hybridized carbons (Fsp3) is 1.00. The lowest BCUT2D eigenvalue weighted by molar-refractivity contribution is 0.830. The van der Waals surface area contributed by atoms with Gasteiger partial charge in [0.15, 0.2) is 0 Å². The first-order chi connectivity index (χ1) is 4.50. The van der Waals surface area contributed by atoms with Gasteiger partial charge in [-0.1, -0.05) is 20.0 Å². The van der Waals surface area contributed by atoms with E-state index in [2.05, 4.69) is 31.9 Å². The van der Waals surface area contributed by atoms with Gasteiger partial charge in [0, 0.05) is 5.00 Å². The minimum absolute atomic E-state index is 0.319. The highest BCUT2D eigenvalue weighted by Crippen LogP contribution is 2.09. The molecule has 0 amide bonds. The van der Waals surface area contributed by atoms with Crippen LogP contribution in [0.1, 0.15) is 20.3 Å². The maximum absolute atomic E-state index is 6.00. The van der Waals surface area contributed by atoms with Gasteiger partial charge >= 0.3 is 0 Å². The standard InChI is InChI=1S/C7H18ClNSi/c1-5-6-9-10(3,4)7(2)8/h7,9H,5-6H2,1-4H3. The summed E-state index contributed by atoms with van der Waals surface area (Å²) in [5, 5.41) is 0.319. The third-order valence-corrected chi connectivity index (χ3v) is 6.61. The molecule has 0 aliphatic carbocycles. The van der Waals surface area contributed by atoms with Crippen LogP contribution in [-0.2, 0) is 0 Å². The van der Waals surface area contributed by atoms with E-state index in [9.17, 15) is 0 Å². The van der Waals surface area contributed by atoms with Crippen LogP contribution in [0.3, 0.4) is 0 Å². The molecule has 0 spiro atoms. The number of halogens is 1. The summed E-state index contributed by atoms with van der Waals surface area (Å²) in [6.07, 6.45) is 1.19. The second kappa shape index (κ2) is 4.37. The van der Waals surface area contributed by atoms with E-state index in [1.807, 2.05) is 0 Å². The third kappa shape index (κ3) is 3.59. The maximum atomic E-state index is 6.00. The van der Waals surface area contributed by atoms with E-state index >= 15 is 0 Å². The molecule has 10 heavy (non-hydrogen) atoms. The number of hydrogen-bond acceptors (Lipinski definition) is 1. The van der Waals surface area contributed by atoms with Crippen LogP contribution < -0.4 is 4.98 Å². The van der Waals surface area contributed by atoms with Crippen LogP contribution in [0, 0.1) is 0 Å². The van der Waals surface area contributed by atoms with Crippen molar-refractivity contribution in [2.45, 2.75) is 38.4 Å². The number of alkyl halides is 1. The number of rotatable bonds is 4. The summed E-state index contributed by atoms with van der Waals surface area (Å²) in [5.74, 6) is 0. The lowest BCUT2D eigenvalue weighted by atomic mass is 10.5. The predicted molar refractivity (Wildman–Crippen MR) is 51.1 cm³/mol. The first-order valence-electron chi connectivity index (χ1n) is 3.89. The molecule has 0 aliphatic rings. The zero-order valence-corrected chi connectivity index (χ0v) is 9.13. The van der Waals surface area contributed by atoms with Crippen molar-refractivity contribution in [3.8, 4) is 0 Å². The molecule has 62 valence electrons. The van der Waals surface area contributed by atoms with Crippen molar-refractivity contribution in [3.63, 3.8) is 0 Å². The lowest BCUT2D eigenvalue weighted by Crippen LogP contribution is -2.51. The second-order valence-electron chi connectivity index (χ2n) is 3.26. The molecule has 0 fully saturated rings. The Morgan fingerprint density at radius 1 is 1.50 bits per heavy atom. The van der Waals surface area contributed by atoms with Crippen LogP contribution >= 0.6 is 11.6 Å². The molecular weight excluding hydrogens is 162 g/mol. The molecule has 0 saturated carbocycles. The van der Waals surface area contributed by atoms with Crippen molar-refractivity contribution in [1.82, 2.24) is 4.98 Å². The molecule has 0 aromatic rings. The van der Waals surface area contributed by atoms with E-state index < -0.39 is 8.24 Å². The smallest absolute Gasteiger partial charge is 0.137 e. The summed E-state index contributed by atoms with van der Waals surface area (Å²) in [6.45, 7) is 9.89. The van der Waals surface area contributed by atoms with Gasteiger partial charge in [0.1, 0.15) is 8.24 Å². The van der Waals surface area contributed by atoms with Crippen molar-refractivity contribution in [2.75, 3.05) is 6.54 Å². The van der Waals surface area contributed by atoms with Gasteiger partial charge < -0.3 is 4.98 Å². The Bertz CT molecular complexity index is 93.6. The normalized spacial score (nSPS) is 15.3. The summed E-state index contributed by atoms with van der Waals surface area (Å²) >= 11 is 6.00. The van der Waals surface area contributed by atoms with Crippen LogP contribution in [0.15, 0.2) is 0 Å². The summed E-state index contributed by atoms with van der Waals surface area (Å²) < 4.78 is 0. The fourth-order valence-electron chi connectivity index (χ4n) is 0.588. The van der Waals surface area contributed by atoms with Gasteiger partial charge in [0.05, 0.1) is 0 Å². The van der Waals surface area contributed by atoms with Crippen molar-refractivity contribution in [2.24, 2.45) is 0 Å². The van der Waals surface area contributed by atoms with Crippen molar-refractivity contribution < 1.29 is 0 Å². The van der Waals surface area contributed by atoms with E-state index in [-0.39, 0.29) is 0 Å². The summed E-state index contributed by atoms with van der Waals surface area (Å²) in [4.78, 5) is 3.52. The predicted octanol–water partition coefficient (Wildman–Crippen LogP) is 2.36. The molecule has 0 aliphatic heterocycles. The Morgan fingerprint density at radius 2 is 2.00 bits per heavy atom. The zero-order valence-electron chi connectivity index (χ0n) is 7.37. The van der Waals surface area contributed by atoms with Crippen LogP contribution in [0.4, 0.5) is 0 Å². The van der Waals surface area contributed by atoms with Gasteiger partial charge in [0.2, 0.25) is 0 Å². The van der Waals surface area contributed by atoms with Crippen molar-refractivity contribution in [3.05, 3.63) is 0 Å². The molecule has 0 rings (SSSR count). The van der Waals surface area contributed by atoms with E-state index in [0.717, 1.165) is 6.54 Å². The Labute approximate surface area is 70.2 Å². The first kappa shape index (κ1) is 10.5. The molecule has 1 nitrogen and oxygen atoms in total. The minimum Gasteiger partial charge on any atom is -0.336 e. The summed E-state index contributed by atoms with van der Waals surface area (Å²) in [7, 11) is -1.29. The largest absolute Gasteiger partial charge is 0.336 e. The number of nitrogens with one attached hydrogen (secondary N) is 1. The zero-order chi connectivity index (χ0) is 8.20. The molecule has 1 unspecified atom stereocenters. The van der Waals surface area contributed by atoms with Gasteiger partial charge in [-0.15, -0.1) is 11.6 Å². The van der Waals surface area contributed by atoms with Crippen LogP contribution in [0.2, 0.25) is 13.1 Å². The lowest BCUT2D eigenvalue weighted by Gasteiger charge is -2.25. The van der Waals surface area contributed by atoms with Crippen LogP contribution in [0.5, 0.6) is 0 Å². The Balaban J connectivity index is 3.63. The molecule has 0 heterocycles. The average Bonchev–Trinajstić information content (AvgIpc) is 1.84. The fourth-order valence-corrected chi connectivity index (χ4v) is 1.99. The molecule has 1 atom stereocenters. The second-order valence-corrected chi connectivity index (χ2v) is 8.95. The Kier molecular flexibility index (Phi) is 4.57. The molecule has 3 heteroatoms. The average molecular weight is 180 g/mol. The van der Waals surface area contributed by atoms with Gasteiger partial charge in [-0.2, -0.15) is 0 Å².